The summed E-state index contributed by atoms with van der Waals surface area (Å²) in [5.41, 5.74) is 8.02. The molecule has 0 radical (unpaired) electrons. The van der Waals surface area contributed by atoms with Gasteiger partial charge in [0.25, 0.3) is 0 Å². The summed E-state index contributed by atoms with van der Waals surface area (Å²) < 4.78 is 0. The second-order valence-corrected chi connectivity index (χ2v) is 5.28. The summed E-state index contributed by atoms with van der Waals surface area (Å²) in [5.74, 6) is 0. The third kappa shape index (κ3) is 3.14. The lowest BCUT2D eigenvalue weighted by Gasteiger charge is -2.28. The SMILES string of the molecule is CCN(Cc1cc(Cl)ccc1N)C1CCCC1. The Morgan fingerprint density at radius 2 is 2.06 bits per heavy atom. The van der Waals surface area contributed by atoms with Crippen molar-refractivity contribution in [3.05, 3.63) is 28.8 Å². The summed E-state index contributed by atoms with van der Waals surface area (Å²) >= 11 is 6.03. The molecule has 1 aromatic carbocycles. The molecule has 0 spiro atoms. The molecule has 94 valence electrons. The summed E-state index contributed by atoms with van der Waals surface area (Å²) in [7, 11) is 0. The molecule has 1 aromatic rings. The molecule has 1 saturated carbocycles. The molecule has 0 atom stereocenters. The van der Waals surface area contributed by atoms with Crippen molar-refractivity contribution in [3.63, 3.8) is 0 Å². The molecule has 0 amide bonds. The standard InChI is InChI=1S/C14H21ClN2/c1-2-17(13-5-3-4-6-13)10-11-9-12(15)7-8-14(11)16/h7-9,13H,2-6,10,16H2,1H3. The maximum Gasteiger partial charge on any atom is 0.0410 e. The summed E-state index contributed by atoms with van der Waals surface area (Å²) in [6, 6.07) is 6.49. The molecule has 0 aliphatic heterocycles. The van der Waals surface area contributed by atoms with Gasteiger partial charge in [0.05, 0.1) is 0 Å². The van der Waals surface area contributed by atoms with Crippen molar-refractivity contribution in [2.75, 3.05) is 12.3 Å². The van der Waals surface area contributed by atoms with Crippen molar-refractivity contribution < 1.29 is 0 Å². The smallest absolute Gasteiger partial charge is 0.0410 e. The molecular formula is C14H21ClN2. The Balaban J connectivity index is 2.09. The summed E-state index contributed by atoms with van der Waals surface area (Å²) in [6.45, 7) is 4.23. The number of anilines is 1. The molecule has 2 N–H and O–H groups in total. The van der Waals surface area contributed by atoms with Crippen LogP contribution in [0.15, 0.2) is 18.2 Å². The van der Waals surface area contributed by atoms with Gasteiger partial charge in [-0.2, -0.15) is 0 Å². The second-order valence-electron chi connectivity index (χ2n) is 4.84. The predicted molar refractivity (Wildman–Crippen MR) is 74.2 cm³/mol. The summed E-state index contributed by atoms with van der Waals surface area (Å²) in [6.07, 6.45) is 5.39. The molecule has 0 saturated heterocycles. The van der Waals surface area contributed by atoms with E-state index in [1.807, 2.05) is 18.2 Å². The first-order valence-electron chi connectivity index (χ1n) is 6.48. The normalized spacial score (nSPS) is 16.9. The highest BCUT2D eigenvalue weighted by Crippen LogP contribution is 2.26. The van der Waals surface area contributed by atoms with E-state index >= 15 is 0 Å². The van der Waals surface area contributed by atoms with Gasteiger partial charge in [0.1, 0.15) is 0 Å². The Morgan fingerprint density at radius 3 is 2.71 bits per heavy atom. The molecule has 3 heteroatoms. The van der Waals surface area contributed by atoms with Crippen LogP contribution in [0.5, 0.6) is 0 Å². The zero-order valence-electron chi connectivity index (χ0n) is 10.5. The fourth-order valence-electron chi connectivity index (χ4n) is 2.70. The number of nitrogens with two attached hydrogens (primary N) is 1. The third-order valence-corrected chi connectivity index (χ3v) is 3.96. The average molecular weight is 253 g/mol. The first kappa shape index (κ1) is 12.7. The summed E-state index contributed by atoms with van der Waals surface area (Å²) in [5, 5.41) is 0.775. The largest absolute Gasteiger partial charge is 0.398 e. The van der Waals surface area contributed by atoms with Crippen LogP contribution in [0.1, 0.15) is 38.2 Å². The maximum absolute atomic E-state index is 6.03. The molecule has 17 heavy (non-hydrogen) atoms. The fraction of sp³-hybridized carbons (Fsp3) is 0.571. The lowest BCUT2D eigenvalue weighted by atomic mass is 10.1. The van der Waals surface area contributed by atoms with Gasteiger partial charge in [0.15, 0.2) is 0 Å². The van der Waals surface area contributed by atoms with Crippen molar-refractivity contribution in [2.45, 2.75) is 45.2 Å². The molecule has 2 rings (SSSR count). The Morgan fingerprint density at radius 1 is 1.35 bits per heavy atom. The van der Waals surface area contributed by atoms with E-state index in [1.54, 1.807) is 0 Å². The van der Waals surface area contributed by atoms with Gasteiger partial charge in [0, 0.05) is 23.3 Å². The van der Waals surface area contributed by atoms with Crippen molar-refractivity contribution in [1.29, 1.82) is 0 Å². The van der Waals surface area contributed by atoms with E-state index < -0.39 is 0 Å². The van der Waals surface area contributed by atoms with E-state index in [1.165, 1.54) is 25.7 Å². The van der Waals surface area contributed by atoms with Crippen molar-refractivity contribution in [2.24, 2.45) is 0 Å². The maximum atomic E-state index is 6.03. The number of hydrogen-bond donors (Lipinski definition) is 1. The molecule has 0 heterocycles. The van der Waals surface area contributed by atoms with Gasteiger partial charge < -0.3 is 5.73 Å². The van der Waals surface area contributed by atoms with Crippen LogP contribution < -0.4 is 5.73 Å². The first-order chi connectivity index (χ1) is 8.20. The number of nitrogen functional groups attached to an aromatic ring is 1. The number of hydrogen-bond acceptors (Lipinski definition) is 2. The number of nitrogens with zero attached hydrogens (tertiary/aromatic N) is 1. The van der Waals surface area contributed by atoms with Crippen LogP contribution in [0.3, 0.4) is 0 Å². The van der Waals surface area contributed by atoms with Crippen LogP contribution in [0, 0.1) is 0 Å². The quantitative estimate of drug-likeness (QED) is 0.829. The van der Waals surface area contributed by atoms with Crippen molar-refractivity contribution in [1.82, 2.24) is 4.90 Å². The van der Waals surface area contributed by atoms with Crippen LogP contribution in [0.25, 0.3) is 0 Å². The van der Waals surface area contributed by atoms with Gasteiger partial charge in [-0.3, -0.25) is 4.90 Å². The minimum absolute atomic E-state index is 0.735. The number of rotatable bonds is 4. The zero-order chi connectivity index (χ0) is 12.3. The van der Waals surface area contributed by atoms with Gasteiger partial charge in [-0.05, 0) is 43.1 Å². The Kier molecular flexibility index (Phi) is 4.30. The number of halogens is 1. The van der Waals surface area contributed by atoms with Gasteiger partial charge >= 0.3 is 0 Å². The van der Waals surface area contributed by atoms with Crippen LogP contribution in [0.4, 0.5) is 5.69 Å². The van der Waals surface area contributed by atoms with E-state index in [0.29, 0.717) is 0 Å². The van der Waals surface area contributed by atoms with E-state index in [9.17, 15) is 0 Å². The molecule has 1 aliphatic carbocycles. The minimum atomic E-state index is 0.735. The second kappa shape index (κ2) is 5.74. The van der Waals surface area contributed by atoms with Gasteiger partial charge in [-0.25, -0.2) is 0 Å². The van der Waals surface area contributed by atoms with E-state index in [-0.39, 0.29) is 0 Å². The molecule has 0 unspecified atom stereocenters. The average Bonchev–Trinajstić information content (AvgIpc) is 2.84. The van der Waals surface area contributed by atoms with Gasteiger partial charge in [-0.15, -0.1) is 0 Å². The Labute approximate surface area is 109 Å². The van der Waals surface area contributed by atoms with E-state index in [0.717, 1.165) is 35.4 Å². The molecule has 2 nitrogen and oxygen atoms in total. The molecule has 1 fully saturated rings. The van der Waals surface area contributed by atoms with Crippen LogP contribution in [-0.2, 0) is 6.54 Å². The third-order valence-electron chi connectivity index (χ3n) is 3.73. The van der Waals surface area contributed by atoms with Crippen molar-refractivity contribution >= 4 is 17.3 Å². The highest BCUT2D eigenvalue weighted by molar-refractivity contribution is 6.30. The highest BCUT2D eigenvalue weighted by atomic mass is 35.5. The van der Waals surface area contributed by atoms with E-state index in [4.69, 9.17) is 17.3 Å². The topological polar surface area (TPSA) is 29.3 Å². The monoisotopic (exact) mass is 252 g/mol. The lowest BCUT2D eigenvalue weighted by Crippen LogP contribution is -2.32. The predicted octanol–water partition coefficient (Wildman–Crippen LogP) is 3.69. The molecule has 1 aliphatic rings. The van der Waals surface area contributed by atoms with E-state index in [2.05, 4.69) is 11.8 Å². The summed E-state index contributed by atoms with van der Waals surface area (Å²) in [4.78, 5) is 2.52. The molecule has 0 aromatic heterocycles. The lowest BCUT2D eigenvalue weighted by molar-refractivity contribution is 0.200. The zero-order valence-corrected chi connectivity index (χ0v) is 11.2. The fourth-order valence-corrected chi connectivity index (χ4v) is 2.89. The minimum Gasteiger partial charge on any atom is -0.398 e. The van der Waals surface area contributed by atoms with Crippen LogP contribution >= 0.6 is 11.6 Å². The van der Waals surface area contributed by atoms with Crippen LogP contribution in [-0.4, -0.2) is 17.5 Å². The van der Waals surface area contributed by atoms with Gasteiger partial charge in [0.2, 0.25) is 0 Å². The number of benzene rings is 1. The van der Waals surface area contributed by atoms with Gasteiger partial charge in [-0.1, -0.05) is 31.4 Å². The Hall–Kier alpha value is -0.730. The first-order valence-corrected chi connectivity index (χ1v) is 6.86. The molecule has 0 bridgehead atoms. The molecular weight excluding hydrogens is 232 g/mol. The van der Waals surface area contributed by atoms with Crippen LogP contribution in [0.2, 0.25) is 5.02 Å². The van der Waals surface area contributed by atoms with Crippen molar-refractivity contribution in [3.8, 4) is 0 Å². The highest BCUT2D eigenvalue weighted by Gasteiger charge is 2.21. The Bertz CT molecular complexity index is 372.